The number of aliphatic imine (C=N–C) groups is 1. The van der Waals surface area contributed by atoms with Gasteiger partial charge in [0, 0.05) is 32.8 Å². The molecule has 2 atom stereocenters. The molecule has 8 nitrogen and oxygen atoms in total. The van der Waals surface area contributed by atoms with Crippen molar-refractivity contribution in [3.8, 4) is 0 Å². The first-order valence-electron chi connectivity index (χ1n) is 9.67. The Morgan fingerprint density at radius 3 is 2.73 bits per heavy atom. The SMILES string of the molecule is CCNC(=NCC1(C)CCCO1)NCCS(=O)(=O)NCC1CCCCO1. The van der Waals surface area contributed by atoms with Crippen LogP contribution in [0.5, 0.6) is 0 Å². The number of hydrogen-bond acceptors (Lipinski definition) is 5. The minimum atomic E-state index is -3.33. The lowest BCUT2D eigenvalue weighted by atomic mass is 10.0. The molecule has 26 heavy (non-hydrogen) atoms. The molecule has 0 aliphatic carbocycles. The van der Waals surface area contributed by atoms with Crippen molar-refractivity contribution in [1.29, 1.82) is 0 Å². The highest BCUT2D eigenvalue weighted by molar-refractivity contribution is 7.89. The van der Waals surface area contributed by atoms with E-state index in [1.807, 2.05) is 6.92 Å². The van der Waals surface area contributed by atoms with Crippen LogP contribution in [0.25, 0.3) is 0 Å². The van der Waals surface area contributed by atoms with E-state index in [1.54, 1.807) is 0 Å². The summed E-state index contributed by atoms with van der Waals surface area (Å²) in [5, 5.41) is 6.23. The van der Waals surface area contributed by atoms with Crippen LogP contribution in [0.4, 0.5) is 0 Å². The van der Waals surface area contributed by atoms with Crippen molar-refractivity contribution in [2.45, 2.75) is 57.7 Å². The minimum absolute atomic E-state index is 0.00208. The van der Waals surface area contributed by atoms with Crippen LogP contribution in [0.2, 0.25) is 0 Å². The quantitative estimate of drug-likeness (QED) is 0.394. The maximum absolute atomic E-state index is 12.1. The zero-order chi connectivity index (χ0) is 18.9. The average molecular weight is 391 g/mol. The van der Waals surface area contributed by atoms with E-state index in [0.717, 1.165) is 45.3 Å². The Morgan fingerprint density at radius 2 is 2.08 bits per heavy atom. The molecule has 0 aromatic rings. The van der Waals surface area contributed by atoms with Gasteiger partial charge < -0.3 is 20.1 Å². The summed E-state index contributed by atoms with van der Waals surface area (Å²) in [6, 6.07) is 0. The molecule has 0 bridgehead atoms. The van der Waals surface area contributed by atoms with Crippen molar-refractivity contribution < 1.29 is 17.9 Å². The Labute approximate surface area is 157 Å². The Balaban J connectivity index is 1.73. The van der Waals surface area contributed by atoms with Gasteiger partial charge in [0.1, 0.15) is 0 Å². The van der Waals surface area contributed by atoms with Gasteiger partial charge in [-0.3, -0.25) is 4.99 Å². The molecule has 2 fully saturated rings. The van der Waals surface area contributed by atoms with E-state index in [9.17, 15) is 8.42 Å². The second kappa shape index (κ2) is 10.4. The van der Waals surface area contributed by atoms with Crippen molar-refractivity contribution in [2.75, 3.05) is 45.1 Å². The third-order valence-corrected chi connectivity index (χ3v) is 6.03. The molecule has 2 aliphatic rings. The van der Waals surface area contributed by atoms with Crippen LogP contribution in [-0.4, -0.2) is 71.2 Å². The van der Waals surface area contributed by atoms with E-state index in [0.29, 0.717) is 32.1 Å². The molecule has 2 saturated heterocycles. The van der Waals surface area contributed by atoms with Gasteiger partial charge in [-0.05, 0) is 46.0 Å². The van der Waals surface area contributed by atoms with Crippen LogP contribution in [0.3, 0.4) is 0 Å². The van der Waals surface area contributed by atoms with E-state index in [1.165, 1.54) is 0 Å². The molecule has 0 saturated carbocycles. The molecule has 9 heteroatoms. The summed E-state index contributed by atoms with van der Waals surface area (Å²) in [5.41, 5.74) is -0.212. The Hall–Kier alpha value is -0.900. The molecule has 0 aromatic carbocycles. The van der Waals surface area contributed by atoms with Gasteiger partial charge in [0.05, 0.1) is 24.0 Å². The molecule has 2 heterocycles. The number of hydrogen-bond donors (Lipinski definition) is 3. The fourth-order valence-electron chi connectivity index (χ4n) is 3.11. The van der Waals surface area contributed by atoms with Crippen molar-refractivity contribution in [3.05, 3.63) is 0 Å². The number of guanidine groups is 1. The highest BCUT2D eigenvalue weighted by atomic mass is 32.2. The van der Waals surface area contributed by atoms with E-state index in [-0.39, 0.29) is 17.5 Å². The van der Waals surface area contributed by atoms with E-state index in [4.69, 9.17) is 9.47 Å². The molecule has 2 rings (SSSR count). The Morgan fingerprint density at radius 1 is 1.23 bits per heavy atom. The van der Waals surface area contributed by atoms with Crippen LogP contribution in [0.15, 0.2) is 4.99 Å². The maximum Gasteiger partial charge on any atom is 0.213 e. The molecule has 2 aliphatic heterocycles. The molecule has 0 spiro atoms. The van der Waals surface area contributed by atoms with Gasteiger partial charge in [-0.25, -0.2) is 13.1 Å². The monoisotopic (exact) mass is 390 g/mol. The Kier molecular flexibility index (Phi) is 8.59. The summed E-state index contributed by atoms with van der Waals surface area (Å²) in [5.74, 6) is 0.618. The van der Waals surface area contributed by atoms with Crippen molar-refractivity contribution in [1.82, 2.24) is 15.4 Å². The first kappa shape index (κ1) is 21.4. The van der Waals surface area contributed by atoms with Gasteiger partial charge in [0.2, 0.25) is 10.0 Å². The van der Waals surface area contributed by atoms with E-state index >= 15 is 0 Å². The van der Waals surface area contributed by atoms with Gasteiger partial charge in [-0.15, -0.1) is 0 Å². The normalized spacial score (nSPS) is 27.5. The lowest BCUT2D eigenvalue weighted by Crippen LogP contribution is -2.43. The summed E-state index contributed by atoms with van der Waals surface area (Å²) < 4.78 is 38.2. The molecule has 0 radical (unpaired) electrons. The zero-order valence-electron chi connectivity index (χ0n) is 16.1. The number of nitrogens with zero attached hydrogens (tertiary/aromatic N) is 1. The molecular formula is C17H34N4O4S. The van der Waals surface area contributed by atoms with Gasteiger partial charge in [-0.1, -0.05) is 0 Å². The topological polar surface area (TPSA) is 101 Å². The lowest BCUT2D eigenvalue weighted by molar-refractivity contribution is 0.0200. The van der Waals surface area contributed by atoms with Gasteiger partial charge >= 0.3 is 0 Å². The van der Waals surface area contributed by atoms with Crippen LogP contribution < -0.4 is 15.4 Å². The number of sulfonamides is 1. The van der Waals surface area contributed by atoms with Gasteiger partial charge in [-0.2, -0.15) is 0 Å². The van der Waals surface area contributed by atoms with Crippen LogP contribution in [-0.2, 0) is 19.5 Å². The largest absolute Gasteiger partial charge is 0.377 e. The summed E-state index contributed by atoms with van der Waals surface area (Å²) >= 11 is 0. The third-order valence-electron chi connectivity index (χ3n) is 4.68. The second-order valence-corrected chi connectivity index (χ2v) is 9.11. The van der Waals surface area contributed by atoms with Gasteiger partial charge in [0.15, 0.2) is 5.96 Å². The lowest BCUT2D eigenvalue weighted by Gasteiger charge is -2.23. The summed E-state index contributed by atoms with van der Waals surface area (Å²) in [7, 11) is -3.33. The molecule has 0 amide bonds. The third kappa shape index (κ3) is 7.77. The van der Waals surface area contributed by atoms with Gasteiger partial charge in [0.25, 0.3) is 0 Å². The highest BCUT2D eigenvalue weighted by Crippen LogP contribution is 2.24. The molecule has 152 valence electrons. The summed E-state index contributed by atoms with van der Waals surface area (Å²) in [6.45, 7) is 7.47. The highest BCUT2D eigenvalue weighted by Gasteiger charge is 2.29. The van der Waals surface area contributed by atoms with Crippen LogP contribution in [0.1, 0.15) is 46.0 Å². The van der Waals surface area contributed by atoms with Crippen LogP contribution in [0, 0.1) is 0 Å². The minimum Gasteiger partial charge on any atom is -0.377 e. The predicted octanol–water partition coefficient (Wildman–Crippen LogP) is 0.599. The van der Waals surface area contributed by atoms with Crippen molar-refractivity contribution in [3.63, 3.8) is 0 Å². The smallest absolute Gasteiger partial charge is 0.213 e. The maximum atomic E-state index is 12.1. The first-order valence-corrected chi connectivity index (χ1v) is 11.3. The van der Waals surface area contributed by atoms with Crippen LogP contribution >= 0.6 is 0 Å². The van der Waals surface area contributed by atoms with Crippen molar-refractivity contribution >= 4 is 16.0 Å². The van der Waals surface area contributed by atoms with E-state index in [2.05, 4.69) is 27.3 Å². The second-order valence-electron chi connectivity index (χ2n) is 7.18. The number of nitrogens with one attached hydrogen (secondary N) is 3. The first-order chi connectivity index (χ1) is 12.4. The molecule has 3 N–H and O–H groups in total. The average Bonchev–Trinajstić information content (AvgIpc) is 3.06. The fraction of sp³-hybridized carbons (Fsp3) is 0.941. The number of ether oxygens (including phenoxy) is 2. The number of rotatable bonds is 9. The molecular weight excluding hydrogens is 356 g/mol. The Bertz CT molecular complexity index is 541. The van der Waals surface area contributed by atoms with E-state index < -0.39 is 10.0 Å². The van der Waals surface area contributed by atoms with Crippen molar-refractivity contribution in [2.24, 2.45) is 4.99 Å². The molecule has 0 aromatic heterocycles. The molecule has 2 unspecified atom stereocenters. The fourth-order valence-corrected chi connectivity index (χ4v) is 4.07. The summed E-state index contributed by atoms with van der Waals surface area (Å²) in [4.78, 5) is 4.54. The predicted molar refractivity (Wildman–Crippen MR) is 103 cm³/mol. The summed E-state index contributed by atoms with van der Waals surface area (Å²) in [6.07, 6.45) is 5.13. The zero-order valence-corrected chi connectivity index (χ0v) is 16.9. The standard InChI is InChI=1S/C17H34N4O4S/c1-3-18-16(20-14-17(2)8-6-11-25-17)19-9-12-26(22,23)21-13-15-7-4-5-10-24-15/h15,21H,3-14H2,1-2H3,(H2,18,19,20).